The Balaban J connectivity index is 2.03. The number of carbonyl (C=O) groups is 3. The van der Waals surface area contributed by atoms with Gasteiger partial charge in [-0.3, -0.25) is 9.59 Å². The fourth-order valence-electron chi connectivity index (χ4n) is 3.01. The molecule has 2 aromatic carbocycles. The lowest BCUT2D eigenvalue weighted by Gasteiger charge is -2.23. The van der Waals surface area contributed by atoms with Crippen molar-refractivity contribution >= 4 is 46.7 Å². The molecule has 0 aliphatic carbocycles. The van der Waals surface area contributed by atoms with Crippen LogP contribution in [0.2, 0.25) is 10.0 Å². The van der Waals surface area contributed by atoms with Gasteiger partial charge in [-0.15, -0.1) is 0 Å². The van der Waals surface area contributed by atoms with Crippen LogP contribution in [-0.4, -0.2) is 29.9 Å². The van der Waals surface area contributed by atoms with Crippen molar-refractivity contribution in [2.24, 2.45) is 5.92 Å². The molecule has 0 radical (unpaired) electrons. The molecule has 0 fully saturated rings. The van der Waals surface area contributed by atoms with Crippen molar-refractivity contribution in [3.05, 3.63) is 63.6 Å². The molecular weight excluding hydrogens is 463 g/mol. The van der Waals surface area contributed by atoms with Gasteiger partial charge in [0.25, 0.3) is 11.8 Å². The van der Waals surface area contributed by atoms with E-state index in [4.69, 9.17) is 27.9 Å². The molecule has 6 nitrogen and oxygen atoms in total. The van der Waals surface area contributed by atoms with E-state index in [0.29, 0.717) is 21.3 Å². The Morgan fingerprint density at radius 2 is 1.45 bits per heavy atom. The van der Waals surface area contributed by atoms with Crippen molar-refractivity contribution in [1.82, 2.24) is 5.32 Å². The van der Waals surface area contributed by atoms with Gasteiger partial charge < -0.3 is 15.4 Å². The van der Waals surface area contributed by atoms with Gasteiger partial charge in [0.15, 0.2) is 6.10 Å². The second-order valence-corrected chi connectivity index (χ2v) is 10.1. The largest absolute Gasteiger partial charge is 0.451 e. The first kappa shape index (κ1) is 26.7. The number of rotatable bonds is 7. The molecule has 0 bridgehead atoms. The topological polar surface area (TPSA) is 84.5 Å². The monoisotopic (exact) mass is 492 g/mol. The average molecular weight is 493 g/mol. The number of ether oxygens (including phenoxy) is 1. The van der Waals surface area contributed by atoms with Crippen LogP contribution in [0.3, 0.4) is 0 Å². The van der Waals surface area contributed by atoms with Crippen LogP contribution in [0.4, 0.5) is 5.69 Å². The Morgan fingerprint density at radius 1 is 0.909 bits per heavy atom. The van der Waals surface area contributed by atoms with E-state index in [1.807, 2.05) is 12.1 Å². The van der Waals surface area contributed by atoms with Gasteiger partial charge in [-0.1, -0.05) is 70.0 Å². The van der Waals surface area contributed by atoms with E-state index in [0.717, 1.165) is 5.56 Å². The third kappa shape index (κ3) is 7.76. The van der Waals surface area contributed by atoms with Crippen LogP contribution in [0.25, 0.3) is 0 Å². The highest BCUT2D eigenvalue weighted by molar-refractivity contribution is 6.35. The van der Waals surface area contributed by atoms with Gasteiger partial charge in [-0.2, -0.15) is 0 Å². The summed E-state index contributed by atoms with van der Waals surface area (Å²) in [6.07, 6.45) is -1.10. The lowest BCUT2D eigenvalue weighted by Crippen LogP contribution is -2.47. The van der Waals surface area contributed by atoms with Crippen LogP contribution in [0.1, 0.15) is 57.5 Å². The van der Waals surface area contributed by atoms with Gasteiger partial charge in [0.1, 0.15) is 6.04 Å². The number of benzene rings is 2. The van der Waals surface area contributed by atoms with Gasteiger partial charge >= 0.3 is 5.97 Å². The first-order valence-electron chi connectivity index (χ1n) is 10.7. The minimum atomic E-state index is -1.10. The summed E-state index contributed by atoms with van der Waals surface area (Å²) in [4.78, 5) is 37.9. The summed E-state index contributed by atoms with van der Waals surface area (Å²) in [6.45, 7) is 11.3. The van der Waals surface area contributed by atoms with Crippen LogP contribution in [0, 0.1) is 5.92 Å². The Labute approximate surface area is 205 Å². The number of esters is 1. The second kappa shape index (κ2) is 11.0. The van der Waals surface area contributed by atoms with Gasteiger partial charge in [0, 0.05) is 21.3 Å². The Bertz CT molecular complexity index is 994. The molecule has 2 rings (SSSR count). The molecule has 33 heavy (non-hydrogen) atoms. The zero-order valence-corrected chi connectivity index (χ0v) is 21.2. The molecule has 0 aliphatic heterocycles. The maximum Gasteiger partial charge on any atom is 0.329 e. The summed E-state index contributed by atoms with van der Waals surface area (Å²) in [5, 5.41) is 6.05. The number of carbonyl (C=O) groups excluding carboxylic acids is 3. The van der Waals surface area contributed by atoms with Gasteiger partial charge in [0.05, 0.1) is 0 Å². The van der Waals surface area contributed by atoms with E-state index >= 15 is 0 Å². The van der Waals surface area contributed by atoms with Gasteiger partial charge in [-0.05, 0) is 54.2 Å². The Hall–Kier alpha value is -2.57. The third-order valence-electron chi connectivity index (χ3n) is 5.01. The Morgan fingerprint density at radius 3 is 1.94 bits per heavy atom. The van der Waals surface area contributed by atoms with Gasteiger partial charge in [0.2, 0.25) is 0 Å². The molecule has 0 saturated heterocycles. The van der Waals surface area contributed by atoms with Crippen molar-refractivity contribution in [3.63, 3.8) is 0 Å². The van der Waals surface area contributed by atoms with Crippen molar-refractivity contribution in [1.29, 1.82) is 0 Å². The highest BCUT2D eigenvalue weighted by Gasteiger charge is 2.29. The zero-order valence-electron chi connectivity index (χ0n) is 19.7. The number of amides is 2. The molecule has 0 spiro atoms. The summed E-state index contributed by atoms with van der Waals surface area (Å²) in [5.74, 6) is -1.89. The summed E-state index contributed by atoms with van der Waals surface area (Å²) < 4.78 is 5.34. The molecule has 2 amide bonds. The Kier molecular flexibility index (Phi) is 8.92. The summed E-state index contributed by atoms with van der Waals surface area (Å²) in [7, 11) is 0. The standard InChI is InChI=1S/C25H30Cl2N2O4/c1-14(2)21(29-23(31)16-7-9-17(10-8-16)25(4,5)6)24(32)33-15(3)22(30)28-20-12-18(26)11-19(27)13-20/h7-15,21H,1-6H3,(H,28,30)(H,29,31). The molecule has 8 heteroatoms. The maximum absolute atomic E-state index is 12.8. The van der Waals surface area contributed by atoms with E-state index in [2.05, 4.69) is 31.4 Å². The lowest BCUT2D eigenvalue weighted by atomic mass is 9.86. The number of hydrogen-bond donors (Lipinski definition) is 2. The predicted octanol–water partition coefficient (Wildman–Crippen LogP) is 5.62. The van der Waals surface area contributed by atoms with Crippen LogP contribution in [0.15, 0.2) is 42.5 Å². The number of hydrogen-bond acceptors (Lipinski definition) is 4. The van der Waals surface area contributed by atoms with E-state index in [-0.39, 0.29) is 11.3 Å². The minimum Gasteiger partial charge on any atom is -0.451 e. The SMILES string of the molecule is CC(OC(=O)C(NC(=O)c1ccc(C(C)(C)C)cc1)C(C)C)C(=O)Nc1cc(Cl)cc(Cl)c1. The van der Waals surface area contributed by atoms with Crippen LogP contribution >= 0.6 is 23.2 Å². The smallest absolute Gasteiger partial charge is 0.329 e. The first-order valence-corrected chi connectivity index (χ1v) is 11.4. The van der Waals surface area contributed by atoms with E-state index in [1.54, 1.807) is 26.0 Å². The molecule has 0 saturated carbocycles. The molecule has 0 aromatic heterocycles. The molecule has 0 heterocycles. The van der Waals surface area contributed by atoms with E-state index in [9.17, 15) is 14.4 Å². The molecule has 2 N–H and O–H groups in total. The molecule has 2 aromatic rings. The highest BCUT2D eigenvalue weighted by Crippen LogP contribution is 2.23. The van der Waals surface area contributed by atoms with Gasteiger partial charge in [-0.25, -0.2) is 4.79 Å². The normalized spacial score (nSPS) is 13.2. The van der Waals surface area contributed by atoms with E-state index in [1.165, 1.54) is 25.1 Å². The van der Waals surface area contributed by atoms with E-state index < -0.39 is 29.9 Å². The average Bonchev–Trinajstić information content (AvgIpc) is 2.70. The molecular formula is C25H30Cl2N2O4. The fourth-order valence-corrected chi connectivity index (χ4v) is 3.54. The second-order valence-electron chi connectivity index (χ2n) is 9.25. The molecule has 2 unspecified atom stereocenters. The predicted molar refractivity (Wildman–Crippen MR) is 132 cm³/mol. The number of nitrogens with one attached hydrogen (secondary N) is 2. The van der Waals surface area contributed by atoms with Crippen molar-refractivity contribution in [3.8, 4) is 0 Å². The first-order chi connectivity index (χ1) is 15.3. The summed E-state index contributed by atoms with van der Waals surface area (Å²) >= 11 is 11.9. The molecule has 178 valence electrons. The third-order valence-corrected chi connectivity index (χ3v) is 5.45. The van der Waals surface area contributed by atoms with Crippen LogP contribution < -0.4 is 10.6 Å². The van der Waals surface area contributed by atoms with Crippen LogP contribution in [-0.2, 0) is 19.7 Å². The lowest BCUT2D eigenvalue weighted by molar-refractivity contribution is -0.156. The quantitative estimate of drug-likeness (QED) is 0.491. The summed E-state index contributed by atoms with van der Waals surface area (Å²) in [6, 6.07) is 10.9. The fraction of sp³-hybridized carbons (Fsp3) is 0.400. The number of halogens is 2. The number of anilines is 1. The summed E-state index contributed by atoms with van der Waals surface area (Å²) in [5.41, 5.74) is 1.88. The minimum absolute atomic E-state index is 0.0353. The maximum atomic E-state index is 12.8. The van der Waals surface area contributed by atoms with Crippen molar-refractivity contribution in [2.45, 2.75) is 59.1 Å². The van der Waals surface area contributed by atoms with Crippen molar-refractivity contribution < 1.29 is 19.1 Å². The molecule has 2 atom stereocenters. The zero-order chi connectivity index (χ0) is 24.9. The molecule has 0 aliphatic rings. The van der Waals surface area contributed by atoms with Crippen molar-refractivity contribution in [2.75, 3.05) is 5.32 Å². The highest BCUT2D eigenvalue weighted by atomic mass is 35.5. The van der Waals surface area contributed by atoms with Crippen LogP contribution in [0.5, 0.6) is 0 Å².